The van der Waals surface area contributed by atoms with E-state index in [1.165, 1.54) is 0 Å². The third-order valence-corrected chi connectivity index (χ3v) is 4.45. The molecule has 1 amide bonds. The second-order valence-corrected chi connectivity index (χ2v) is 7.55. The number of nitrogens with one attached hydrogen (secondary N) is 1. The Morgan fingerprint density at radius 3 is 2.18 bits per heavy atom. The lowest BCUT2D eigenvalue weighted by Crippen LogP contribution is -2.41. The predicted molar refractivity (Wildman–Crippen MR) is 116 cm³/mol. The summed E-state index contributed by atoms with van der Waals surface area (Å²) in [6, 6.07) is 5.02. The lowest BCUT2D eigenvalue weighted by Gasteiger charge is -2.16. The van der Waals surface area contributed by atoms with Crippen molar-refractivity contribution in [2.45, 2.75) is 71.0 Å². The summed E-state index contributed by atoms with van der Waals surface area (Å²) >= 11 is 0. The van der Waals surface area contributed by atoms with Gasteiger partial charge in [0.15, 0.2) is 0 Å². The fraction of sp³-hybridized carbons (Fsp3) is 0.545. The Morgan fingerprint density at radius 2 is 1.71 bits per heavy atom. The first-order valence-corrected chi connectivity index (χ1v) is 10.6. The molecule has 0 fully saturated rings. The Morgan fingerprint density at radius 1 is 1.12 bits per heavy atom. The molecule has 0 bridgehead atoms. The van der Waals surface area contributed by atoms with E-state index in [0.717, 1.165) is 17.5 Å². The monoisotopic (exact) mass is 492 g/mol. The summed E-state index contributed by atoms with van der Waals surface area (Å²) in [6.07, 6.45) is -3.81. The van der Waals surface area contributed by atoms with E-state index in [1.807, 2.05) is 25.1 Å². The van der Waals surface area contributed by atoms with E-state index in [9.17, 15) is 27.6 Å². The highest BCUT2D eigenvalue weighted by atomic mass is 19.4. The molecule has 0 aromatic heterocycles. The molecule has 0 spiro atoms. The van der Waals surface area contributed by atoms with Crippen molar-refractivity contribution in [3.05, 3.63) is 29.3 Å². The van der Waals surface area contributed by atoms with E-state index in [1.54, 1.807) is 0 Å². The lowest BCUT2D eigenvalue weighted by molar-refractivity contribution is -0.192. The molecule has 0 saturated heterocycles. The van der Waals surface area contributed by atoms with Crippen molar-refractivity contribution in [1.82, 2.24) is 5.32 Å². The Kier molecular flexibility index (Phi) is 13.5. The van der Waals surface area contributed by atoms with Gasteiger partial charge < -0.3 is 26.0 Å². The molecule has 0 saturated carbocycles. The zero-order chi connectivity index (χ0) is 26.5. The van der Waals surface area contributed by atoms with Crippen LogP contribution in [0.2, 0.25) is 0 Å². The maximum atomic E-state index is 12.2. The SMILES string of the molecule is CCc1cccc(C(C)C)c1OC(=O)CCCNC(=O)[C@@H](N)CCC(=O)O.O=C(O)C(F)(F)F. The Hall–Kier alpha value is -3.15. The molecule has 1 aromatic carbocycles. The molecule has 1 rings (SSSR count). The van der Waals surface area contributed by atoms with Gasteiger partial charge in [0, 0.05) is 19.4 Å². The standard InChI is InChI=1S/C20H30N2O5.C2HF3O2/c1-4-14-7-5-8-15(13(2)3)19(14)27-18(25)9-6-12-22-20(26)16(21)10-11-17(23)24;3-2(4,5)1(6)7/h5,7-8,13,16H,4,6,9-12,21H2,1-3H3,(H,22,26)(H,23,24);(H,6,7)/t16-;/m0./s1. The largest absolute Gasteiger partial charge is 0.490 e. The number of halogens is 3. The molecule has 0 aliphatic carbocycles. The van der Waals surface area contributed by atoms with Crippen molar-refractivity contribution in [2.24, 2.45) is 5.73 Å². The Labute approximate surface area is 195 Å². The summed E-state index contributed by atoms with van der Waals surface area (Å²) in [5.74, 6) is -3.63. The van der Waals surface area contributed by atoms with Gasteiger partial charge in [-0.25, -0.2) is 4.79 Å². The van der Waals surface area contributed by atoms with Gasteiger partial charge in [0.1, 0.15) is 5.75 Å². The summed E-state index contributed by atoms with van der Waals surface area (Å²) < 4.78 is 37.3. The molecule has 5 N–H and O–H groups in total. The topological polar surface area (TPSA) is 156 Å². The Bertz CT molecular complexity index is 842. The van der Waals surface area contributed by atoms with Crippen LogP contribution in [-0.2, 0) is 25.6 Å². The second kappa shape index (κ2) is 14.9. The van der Waals surface area contributed by atoms with E-state index in [-0.39, 0.29) is 37.7 Å². The van der Waals surface area contributed by atoms with Gasteiger partial charge in [-0.15, -0.1) is 0 Å². The van der Waals surface area contributed by atoms with Crippen LogP contribution >= 0.6 is 0 Å². The number of rotatable bonds is 11. The highest BCUT2D eigenvalue weighted by Crippen LogP contribution is 2.31. The number of esters is 1. The molecular formula is C22H31F3N2O7. The van der Waals surface area contributed by atoms with E-state index >= 15 is 0 Å². The number of aliphatic carboxylic acids is 2. The molecule has 12 heteroatoms. The number of carbonyl (C=O) groups excluding carboxylic acids is 2. The number of carbonyl (C=O) groups is 4. The number of para-hydroxylation sites is 1. The van der Waals surface area contributed by atoms with Gasteiger partial charge in [0.2, 0.25) is 5.91 Å². The summed E-state index contributed by atoms with van der Waals surface area (Å²) in [5, 5.41) is 18.3. The molecule has 1 aromatic rings. The number of alkyl halides is 3. The second-order valence-electron chi connectivity index (χ2n) is 7.55. The number of hydrogen-bond donors (Lipinski definition) is 4. The quantitative estimate of drug-likeness (QED) is 0.209. The van der Waals surface area contributed by atoms with Crippen LogP contribution in [0, 0.1) is 0 Å². The van der Waals surface area contributed by atoms with Crippen molar-refractivity contribution in [1.29, 1.82) is 0 Å². The molecule has 9 nitrogen and oxygen atoms in total. The average Bonchev–Trinajstić information content (AvgIpc) is 2.74. The minimum Gasteiger partial charge on any atom is -0.481 e. The van der Waals surface area contributed by atoms with Crippen molar-refractivity contribution in [2.75, 3.05) is 6.54 Å². The fourth-order valence-electron chi connectivity index (χ4n) is 2.61. The first-order chi connectivity index (χ1) is 15.7. The van der Waals surface area contributed by atoms with E-state index < -0.39 is 30.1 Å². The van der Waals surface area contributed by atoms with Crippen LogP contribution in [-0.4, -0.2) is 52.8 Å². The van der Waals surface area contributed by atoms with Gasteiger partial charge in [-0.1, -0.05) is 39.0 Å². The number of nitrogens with two attached hydrogens (primary N) is 1. The predicted octanol–water partition coefficient (Wildman–Crippen LogP) is 3.00. The highest BCUT2D eigenvalue weighted by Gasteiger charge is 2.38. The molecular weight excluding hydrogens is 461 g/mol. The van der Waals surface area contributed by atoms with Crippen LogP contribution in [0.1, 0.15) is 63.5 Å². The van der Waals surface area contributed by atoms with Crippen LogP contribution in [0.3, 0.4) is 0 Å². The van der Waals surface area contributed by atoms with Crippen LogP contribution in [0.15, 0.2) is 18.2 Å². The molecule has 0 aliphatic heterocycles. The molecule has 192 valence electrons. The first kappa shape index (κ1) is 30.9. The van der Waals surface area contributed by atoms with Crippen molar-refractivity contribution >= 4 is 23.8 Å². The molecule has 34 heavy (non-hydrogen) atoms. The zero-order valence-corrected chi connectivity index (χ0v) is 19.3. The van der Waals surface area contributed by atoms with Gasteiger partial charge >= 0.3 is 24.1 Å². The Balaban J connectivity index is 0.00000135. The maximum Gasteiger partial charge on any atom is 0.490 e. The zero-order valence-electron chi connectivity index (χ0n) is 19.3. The molecule has 0 heterocycles. The summed E-state index contributed by atoms with van der Waals surface area (Å²) in [7, 11) is 0. The molecule has 0 radical (unpaired) electrons. The van der Waals surface area contributed by atoms with Crippen LogP contribution < -0.4 is 15.8 Å². The van der Waals surface area contributed by atoms with Gasteiger partial charge in [-0.05, 0) is 36.3 Å². The summed E-state index contributed by atoms with van der Waals surface area (Å²) in [6.45, 7) is 6.39. The van der Waals surface area contributed by atoms with Gasteiger partial charge in [-0.2, -0.15) is 13.2 Å². The first-order valence-electron chi connectivity index (χ1n) is 10.6. The number of amides is 1. The third-order valence-electron chi connectivity index (χ3n) is 4.45. The average molecular weight is 492 g/mol. The van der Waals surface area contributed by atoms with Gasteiger partial charge in [-0.3, -0.25) is 14.4 Å². The number of ether oxygens (including phenoxy) is 1. The molecule has 1 atom stereocenters. The van der Waals surface area contributed by atoms with Crippen molar-refractivity contribution < 1.29 is 47.3 Å². The minimum absolute atomic E-state index is 0.0784. The van der Waals surface area contributed by atoms with Crippen molar-refractivity contribution in [3.8, 4) is 5.75 Å². The maximum absolute atomic E-state index is 12.2. The lowest BCUT2D eigenvalue weighted by atomic mass is 9.98. The summed E-state index contributed by atoms with van der Waals surface area (Å²) in [5.41, 5.74) is 7.61. The number of benzene rings is 1. The minimum atomic E-state index is -5.08. The number of carboxylic acid groups (broad SMARTS) is 2. The third kappa shape index (κ3) is 12.2. The smallest absolute Gasteiger partial charge is 0.481 e. The fourth-order valence-corrected chi connectivity index (χ4v) is 2.61. The molecule has 0 unspecified atom stereocenters. The van der Waals surface area contributed by atoms with Crippen LogP contribution in [0.4, 0.5) is 13.2 Å². The van der Waals surface area contributed by atoms with E-state index in [4.69, 9.17) is 25.5 Å². The van der Waals surface area contributed by atoms with Gasteiger partial charge in [0.25, 0.3) is 0 Å². The van der Waals surface area contributed by atoms with Crippen LogP contribution in [0.5, 0.6) is 5.75 Å². The van der Waals surface area contributed by atoms with E-state index in [0.29, 0.717) is 12.2 Å². The normalized spacial score (nSPS) is 11.8. The van der Waals surface area contributed by atoms with Crippen LogP contribution in [0.25, 0.3) is 0 Å². The number of carboxylic acids is 2. The molecule has 0 aliphatic rings. The number of aryl methyl sites for hydroxylation is 1. The summed E-state index contributed by atoms with van der Waals surface area (Å²) in [4.78, 5) is 43.3. The number of hydrogen-bond acceptors (Lipinski definition) is 6. The highest BCUT2D eigenvalue weighted by molar-refractivity contribution is 5.82. The van der Waals surface area contributed by atoms with Crippen molar-refractivity contribution in [3.63, 3.8) is 0 Å². The van der Waals surface area contributed by atoms with E-state index in [2.05, 4.69) is 19.2 Å². The van der Waals surface area contributed by atoms with Gasteiger partial charge in [0.05, 0.1) is 6.04 Å².